The number of para-hydroxylation sites is 1. The minimum Gasteiger partial charge on any atom is -0.325 e. The van der Waals surface area contributed by atoms with Gasteiger partial charge in [-0.2, -0.15) is 0 Å². The maximum atomic E-state index is 12.2. The number of rotatable bonds is 6. The summed E-state index contributed by atoms with van der Waals surface area (Å²) in [5.41, 5.74) is 6.90. The highest BCUT2D eigenvalue weighted by Gasteiger charge is 2.31. The second-order valence-electron chi connectivity index (χ2n) is 6.28. The average Bonchev–Trinajstić information content (AvgIpc) is 3.30. The number of benzene rings is 2. The zero-order chi connectivity index (χ0) is 20.2. The fraction of sp³-hybridized carbons (Fsp3) is 0.105. The second-order valence-corrected chi connectivity index (χ2v) is 6.28. The van der Waals surface area contributed by atoms with E-state index < -0.39 is 23.9 Å². The fourth-order valence-corrected chi connectivity index (χ4v) is 2.93. The number of urea groups is 1. The molecule has 1 fully saturated rings. The fourth-order valence-electron chi connectivity index (χ4n) is 2.93. The Morgan fingerprint density at radius 3 is 2.34 bits per heavy atom. The van der Waals surface area contributed by atoms with Crippen molar-refractivity contribution >= 4 is 23.8 Å². The van der Waals surface area contributed by atoms with Crippen molar-refractivity contribution in [2.24, 2.45) is 0 Å². The summed E-state index contributed by atoms with van der Waals surface area (Å²) in [7, 11) is 0. The van der Waals surface area contributed by atoms with Gasteiger partial charge in [0.05, 0.1) is 12.1 Å². The Labute approximate surface area is 165 Å². The molecule has 0 saturated carbocycles. The van der Waals surface area contributed by atoms with E-state index in [1.807, 2.05) is 60.7 Å². The molecule has 10 nitrogen and oxygen atoms in total. The standard InChI is InChI=1S/C19H17N7O3/c27-15(11-14-17(28)21-19(29)20-14)22-24-18-25-23-16(12-7-3-1-4-8-12)26(18)13-9-5-2-6-10-13/h1-10,14H,11H2,(H,22,27)(H,24,25)(H2,20,21,28,29)/t14-/m0/s1. The molecule has 1 atom stereocenters. The lowest BCUT2D eigenvalue weighted by molar-refractivity contribution is -0.126. The second kappa shape index (κ2) is 7.80. The summed E-state index contributed by atoms with van der Waals surface area (Å²) in [6.07, 6.45) is -0.213. The monoisotopic (exact) mass is 391 g/mol. The molecule has 4 N–H and O–H groups in total. The molecular formula is C19H17N7O3. The van der Waals surface area contributed by atoms with E-state index in [1.54, 1.807) is 4.57 Å². The van der Waals surface area contributed by atoms with Crippen molar-refractivity contribution in [3.63, 3.8) is 0 Å². The summed E-state index contributed by atoms with van der Waals surface area (Å²) in [6.45, 7) is 0. The van der Waals surface area contributed by atoms with Gasteiger partial charge in [-0.1, -0.05) is 48.5 Å². The first-order chi connectivity index (χ1) is 14.1. The van der Waals surface area contributed by atoms with E-state index in [9.17, 15) is 14.4 Å². The topological polar surface area (TPSA) is 130 Å². The maximum Gasteiger partial charge on any atom is 0.322 e. The van der Waals surface area contributed by atoms with Crippen LogP contribution in [-0.4, -0.2) is 38.7 Å². The van der Waals surface area contributed by atoms with Crippen molar-refractivity contribution in [3.8, 4) is 17.1 Å². The van der Waals surface area contributed by atoms with Crippen molar-refractivity contribution in [1.29, 1.82) is 0 Å². The molecule has 0 aliphatic carbocycles. The predicted octanol–water partition coefficient (Wildman–Crippen LogP) is 0.976. The molecule has 146 valence electrons. The van der Waals surface area contributed by atoms with Crippen LogP contribution >= 0.6 is 0 Å². The number of nitrogens with one attached hydrogen (secondary N) is 4. The van der Waals surface area contributed by atoms with Crippen molar-refractivity contribution < 1.29 is 14.4 Å². The molecule has 1 aliphatic heterocycles. The van der Waals surface area contributed by atoms with Gasteiger partial charge >= 0.3 is 6.03 Å². The molecular weight excluding hydrogens is 374 g/mol. The zero-order valence-electron chi connectivity index (χ0n) is 15.1. The van der Waals surface area contributed by atoms with Crippen molar-refractivity contribution in [2.75, 3.05) is 5.43 Å². The number of hydrogen-bond donors (Lipinski definition) is 4. The minimum atomic E-state index is -0.906. The van der Waals surface area contributed by atoms with E-state index in [0.29, 0.717) is 11.8 Å². The van der Waals surface area contributed by atoms with Crippen molar-refractivity contribution in [1.82, 2.24) is 30.8 Å². The number of anilines is 1. The van der Waals surface area contributed by atoms with E-state index >= 15 is 0 Å². The summed E-state index contributed by atoms with van der Waals surface area (Å²) < 4.78 is 1.76. The van der Waals surface area contributed by atoms with Gasteiger partial charge in [0.2, 0.25) is 11.9 Å². The van der Waals surface area contributed by atoms with E-state index in [-0.39, 0.29) is 6.42 Å². The molecule has 2 heterocycles. The number of imide groups is 1. The number of amides is 4. The van der Waals surface area contributed by atoms with Gasteiger partial charge in [0, 0.05) is 5.56 Å². The average molecular weight is 391 g/mol. The van der Waals surface area contributed by atoms with E-state index in [0.717, 1.165) is 11.3 Å². The number of nitrogens with zero attached hydrogens (tertiary/aromatic N) is 3. The number of hydrogen-bond acceptors (Lipinski definition) is 6. The summed E-state index contributed by atoms with van der Waals surface area (Å²) in [5, 5.41) is 12.8. The normalized spacial score (nSPS) is 15.5. The Morgan fingerprint density at radius 2 is 1.69 bits per heavy atom. The van der Waals surface area contributed by atoms with Gasteiger partial charge < -0.3 is 5.32 Å². The number of aromatic nitrogens is 3. The van der Waals surface area contributed by atoms with Crippen LogP contribution in [0, 0.1) is 0 Å². The van der Waals surface area contributed by atoms with Crippen LogP contribution in [0.5, 0.6) is 0 Å². The van der Waals surface area contributed by atoms with Crippen LogP contribution in [0.1, 0.15) is 6.42 Å². The van der Waals surface area contributed by atoms with Crippen LogP contribution < -0.4 is 21.5 Å². The summed E-state index contributed by atoms with van der Waals surface area (Å²) in [4.78, 5) is 34.9. The Bertz CT molecular complexity index is 1050. The molecule has 2 aromatic carbocycles. The van der Waals surface area contributed by atoms with Gasteiger partial charge in [-0.25, -0.2) is 4.79 Å². The lowest BCUT2D eigenvalue weighted by Gasteiger charge is -2.13. The highest BCUT2D eigenvalue weighted by Crippen LogP contribution is 2.24. The third-order valence-corrected chi connectivity index (χ3v) is 4.27. The number of carbonyl (C=O) groups excluding carboxylic acids is 3. The third-order valence-electron chi connectivity index (χ3n) is 4.27. The molecule has 0 bridgehead atoms. The molecule has 10 heteroatoms. The predicted molar refractivity (Wildman–Crippen MR) is 104 cm³/mol. The van der Waals surface area contributed by atoms with E-state index in [2.05, 4.69) is 31.7 Å². The molecule has 3 aromatic rings. The first-order valence-electron chi connectivity index (χ1n) is 8.84. The van der Waals surface area contributed by atoms with E-state index in [1.165, 1.54) is 0 Å². The zero-order valence-corrected chi connectivity index (χ0v) is 15.1. The van der Waals surface area contributed by atoms with Crippen LogP contribution in [0.3, 0.4) is 0 Å². The van der Waals surface area contributed by atoms with Gasteiger partial charge in [0.15, 0.2) is 5.82 Å². The SMILES string of the molecule is O=C(C[C@@H]1NC(=O)NC1=O)NNc1nnc(-c2ccccc2)n1-c1ccccc1. The molecule has 1 saturated heterocycles. The maximum absolute atomic E-state index is 12.2. The largest absolute Gasteiger partial charge is 0.325 e. The molecule has 4 amide bonds. The Hall–Kier alpha value is -4.21. The Balaban J connectivity index is 1.55. The van der Waals surface area contributed by atoms with Gasteiger partial charge in [0.25, 0.3) is 5.91 Å². The number of hydrazine groups is 1. The number of carbonyl (C=O) groups is 3. The van der Waals surface area contributed by atoms with Gasteiger partial charge in [-0.15, -0.1) is 10.2 Å². The van der Waals surface area contributed by atoms with Crippen LogP contribution in [-0.2, 0) is 9.59 Å². The minimum absolute atomic E-state index is 0.213. The van der Waals surface area contributed by atoms with Gasteiger partial charge in [-0.05, 0) is 12.1 Å². The molecule has 0 spiro atoms. The van der Waals surface area contributed by atoms with Crippen LogP contribution in [0.2, 0.25) is 0 Å². The molecule has 29 heavy (non-hydrogen) atoms. The Morgan fingerprint density at radius 1 is 1.00 bits per heavy atom. The van der Waals surface area contributed by atoms with Crippen LogP contribution in [0.15, 0.2) is 60.7 Å². The van der Waals surface area contributed by atoms with Crippen molar-refractivity contribution in [3.05, 3.63) is 60.7 Å². The quantitative estimate of drug-likeness (QED) is 0.366. The molecule has 4 rings (SSSR count). The van der Waals surface area contributed by atoms with E-state index in [4.69, 9.17) is 0 Å². The Kier molecular flexibility index (Phi) is 4.89. The first-order valence-corrected chi connectivity index (χ1v) is 8.84. The molecule has 1 aliphatic rings. The smallest absolute Gasteiger partial charge is 0.322 e. The van der Waals surface area contributed by atoms with Crippen LogP contribution in [0.25, 0.3) is 17.1 Å². The molecule has 0 radical (unpaired) electrons. The summed E-state index contributed by atoms with van der Waals surface area (Å²) >= 11 is 0. The van der Waals surface area contributed by atoms with Crippen LogP contribution in [0.4, 0.5) is 10.7 Å². The van der Waals surface area contributed by atoms with Crippen molar-refractivity contribution in [2.45, 2.75) is 12.5 Å². The van der Waals surface area contributed by atoms with Gasteiger partial charge in [0.1, 0.15) is 6.04 Å². The molecule has 1 aromatic heterocycles. The molecule has 0 unspecified atom stereocenters. The highest BCUT2D eigenvalue weighted by atomic mass is 16.2. The lowest BCUT2D eigenvalue weighted by Crippen LogP contribution is -2.38. The van der Waals surface area contributed by atoms with Gasteiger partial charge in [-0.3, -0.25) is 30.3 Å². The summed E-state index contributed by atoms with van der Waals surface area (Å²) in [5.74, 6) is -0.139. The summed E-state index contributed by atoms with van der Waals surface area (Å²) in [6, 6.07) is 17.4. The first kappa shape index (κ1) is 18.2. The lowest BCUT2D eigenvalue weighted by atomic mass is 10.2. The highest BCUT2D eigenvalue weighted by molar-refractivity contribution is 6.05. The third kappa shape index (κ3) is 3.90.